The van der Waals surface area contributed by atoms with Crippen LogP contribution < -0.4 is 4.74 Å². The highest BCUT2D eigenvalue weighted by molar-refractivity contribution is 9.09. The number of para-hydroxylation sites is 1. The summed E-state index contributed by atoms with van der Waals surface area (Å²) in [5, 5.41) is 0. The van der Waals surface area contributed by atoms with Crippen LogP contribution in [-0.2, 0) is 11.2 Å². The van der Waals surface area contributed by atoms with Gasteiger partial charge in [-0.25, -0.2) is 0 Å². The van der Waals surface area contributed by atoms with Crippen molar-refractivity contribution in [1.82, 2.24) is 4.90 Å². The van der Waals surface area contributed by atoms with Crippen molar-refractivity contribution in [2.45, 2.75) is 17.4 Å². The van der Waals surface area contributed by atoms with Gasteiger partial charge in [0.05, 0.1) is 11.4 Å². The Kier molecular flexibility index (Phi) is 5.03. The molecule has 1 aliphatic heterocycles. The zero-order valence-corrected chi connectivity index (χ0v) is 12.5. The third-order valence-corrected chi connectivity index (χ3v) is 3.64. The highest BCUT2D eigenvalue weighted by Crippen LogP contribution is 2.28. The quantitative estimate of drug-likeness (QED) is 0.752. The largest absolute Gasteiger partial charge is 0.488 e. The van der Waals surface area contributed by atoms with Crippen molar-refractivity contribution in [3.8, 4) is 5.75 Å². The zero-order valence-electron chi connectivity index (χ0n) is 10.9. The number of hydrogen-bond donors (Lipinski definition) is 0. The summed E-state index contributed by atoms with van der Waals surface area (Å²) in [6, 6.07) is 8.29. The summed E-state index contributed by atoms with van der Waals surface area (Å²) >= 11 is 3.61. The molecule has 1 aromatic carbocycles. The molecule has 0 fully saturated rings. The van der Waals surface area contributed by atoms with Crippen LogP contribution in [0.4, 0.5) is 0 Å². The van der Waals surface area contributed by atoms with Crippen molar-refractivity contribution in [3.05, 3.63) is 29.8 Å². The maximum absolute atomic E-state index is 5.93. The van der Waals surface area contributed by atoms with Gasteiger partial charge in [0.15, 0.2) is 0 Å². The maximum Gasteiger partial charge on any atom is 0.123 e. The fraction of sp³-hybridized carbons (Fsp3) is 0.571. The highest BCUT2D eigenvalue weighted by atomic mass is 79.9. The van der Waals surface area contributed by atoms with Crippen molar-refractivity contribution in [2.75, 3.05) is 33.9 Å². The van der Waals surface area contributed by atoms with Crippen molar-refractivity contribution in [3.63, 3.8) is 0 Å². The van der Waals surface area contributed by atoms with Crippen LogP contribution in [-0.4, -0.2) is 49.7 Å². The highest BCUT2D eigenvalue weighted by Gasteiger charge is 2.23. The third-order valence-electron chi connectivity index (χ3n) is 3.09. The van der Waals surface area contributed by atoms with Gasteiger partial charge in [-0.05, 0) is 18.7 Å². The molecule has 0 spiro atoms. The summed E-state index contributed by atoms with van der Waals surface area (Å²) in [6.07, 6.45) is 1.28. The van der Waals surface area contributed by atoms with E-state index in [4.69, 9.17) is 9.47 Å². The van der Waals surface area contributed by atoms with Crippen molar-refractivity contribution in [2.24, 2.45) is 0 Å². The molecule has 4 heteroatoms. The molecule has 3 nitrogen and oxygen atoms in total. The van der Waals surface area contributed by atoms with Gasteiger partial charge in [-0.15, -0.1) is 0 Å². The lowest BCUT2D eigenvalue weighted by atomic mass is 10.1. The van der Waals surface area contributed by atoms with Crippen LogP contribution in [0.25, 0.3) is 0 Å². The van der Waals surface area contributed by atoms with Gasteiger partial charge in [0.1, 0.15) is 11.9 Å². The smallest absolute Gasteiger partial charge is 0.123 e. The van der Waals surface area contributed by atoms with Gasteiger partial charge in [0.25, 0.3) is 0 Å². The summed E-state index contributed by atoms with van der Waals surface area (Å²) in [5.41, 5.74) is 1.32. The van der Waals surface area contributed by atoms with Gasteiger partial charge >= 0.3 is 0 Å². The fourth-order valence-electron chi connectivity index (χ4n) is 2.35. The van der Waals surface area contributed by atoms with Crippen molar-refractivity contribution in [1.29, 1.82) is 0 Å². The molecule has 0 bridgehead atoms. The predicted octanol–water partition coefficient (Wildman–Crippen LogP) is 2.33. The first-order valence-electron chi connectivity index (χ1n) is 6.25. The van der Waals surface area contributed by atoms with Gasteiger partial charge in [0, 0.05) is 26.6 Å². The molecule has 2 unspecified atom stereocenters. The lowest BCUT2D eigenvalue weighted by Gasteiger charge is -2.22. The van der Waals surface area contributed by atoms with Crippen LogP contribution in [0, 0.1) is 0 Å². The minimum atomic E-state index is 0.273. The lowest BCUT2D eigenvalue weighted by Crippen LogP contribution is -2.36. The molecule has 1 heterocycles. The monoisotopic (exact) mass is 313 g/mol. The molecular weight excluding hydrogens is 294 g/mol. The number of hydrogen-bond acceptors (Lipinski definition) is 3. The normalized spacial score (nSPS) is 19.7. The van der Waals surface area contributed by atoms with E-state index in [0.29, 0.717) is 4.83 Å². The third kappa shape index (κ3) is 3.70. The number of alkyl halides is 1. The SMILES string of the molecule is COCC(Br)CN(C)CC1Cc2ccccc2O1. The van der Waals surface area contributed by atoms with E-state index in [1.165, 1.54) is 5.56 Å². The molecule has 0 radical (unpaired) electrons. The molecule has 0 saturated heterocycles. The average molecular weight is 314 g/mol. The van der Waals surface area contributed by atoms with Crippen LogP contribution in [0.2, 0.25) is 0 Å². The minimum Gasteiger partial charge on any atom is -0.488 e. The van der Waals surface area contributed by atoms with Crippen molar-refractivity contribution < 1.29 is 9.47 Å². The standard InChI is InChI=1S/C14H20BrNO2/c1-16(8-12(15)10-17-2)9-13-7-11-5-3-4-6-14(11)18-13/h3-6,12-13H,7-10H2,1-2H3. The summed E-state index contributed by atoms with van der Waals surface area (Å²) in [7, 11) is 3.85. The van der Waals surface area contributed by atoms with Crippen LogP contribution >= 0.6 is 15.9 Å². The maximum atomic E-state index is 5.93. The number of nitrogens with zero attached hydrogens (tertiary/aromatic N) is 1. The Balaban J connectivity index is 1.79. The topological polar surface area (TPSA) is 21.7 Å². The van der Waals surface area contributed by atoms with Gasteiger partial charge in [0.2, 0.25) is 0 Å². The molecule has 2 atom stereocenters. The average Bonchev–Trinajstić information content (AvgIpc) is 2.70. The Morgan fingerprint density at radius 3 is 3.00 bits per heavy atom. The van der Waals surface area contributed by atoms with Crippen molar-refractivity contribution >= 4 is 15.9 Å². The second-order valence-corrected chi connectivity index (χ2v) is 6.12. The minimum absolute atomic E-state index is 0.273. The first-order valence-corrected chi connectivity index (χ1v) is 7.16. The van der Waals surface area contributed by atoms with E-state index < -0.39 is 0 Å². The zero-order chi connectivity index (χ0) is 13.0. The first kappa shape index (κ1) is 13.8. The molecule has 18 heavy (non-hydrogen) atoms. The van der Waals surface area contributed by atoms with Gasteiger partial charge in [-0.1, -0.05) is 34.1 Å². The Morgan fingerprint density at radius 1 is 1.50 bits per heavy atom. The van der Waals surface area contributed by atoms with E-state index in [9.17, 15) is 0 Å². The Hall–Kier alpha value is -0.580. The molecule has 0 saturated carbocycles. The van der Waals surface area contributed by atoms with E-state index in [0.717, 1.165) is 31.9 Å². The van der Waals surface area contributed by atoms with Crippen LogP contribution in [0.3, 0.4) is 0 Å². The Morgan fingerprint density at radius 2 is 2.28 bits per heavy atom. The fourth-order valence-corrected chi connectivity index (χ4v) is 3.11. The molecule has 0 amide bonds. The van der Waals surface area contributed by atoms with Gasteiger partial charge in [-0.3, -0.25) is 0 Å². The molecule has 2 rings (SSSR count). The molecule has 100 valence electrons. The van der Waals surface area contributed by atoms with E-state index in [-0.39, 0.29) is 6.10 Å². The predicted molar refractivity (Wildman–Crippen MR) is 76.7 cm³/mol. The summed E-state index contributed by atoms with van der Waals surface area (Å²) in [5.74, 6) is 1.04. The van der Waals surface area contributed by atoms with E-state index >= 15 is 0 Å². The number of methoxy groups -OCH3 is 1. The molecule has 1 aromatic rings. The van der Waals surface area contributed by atoms with Crippen LogP contribution in [0.1, 0.15) is 5.56 Å². The van der Waals surface area contributed by atoms with Crippen LogP contribution in [0.5, 0.6) is 5.75 Å². The summed E-state index contributed by atoms with van der Waals surface area (Å²) < 4.78 is 11.1. The number of rotatable bonds is 6. The molecule has 0 N–H and O–H groups in total. The number of fused-ring (bicyclic) bond motifs is 1. The number of likely N-dealkylation sites (N-methyl/N-ethyl adjacent to an activating group) is 1. The number of benzene rings is 1. The van der Waals surface area contributed by atoms with E-state index in [1.54, 1.807) is 7.11 Å². The Bertz CT molecular complexity index is 361. The first-order chi connectivity index (χ1) is 8.69. The second kappa shape index (κ2) is 6.55. The molecule has 1 aliphatic rings. The summed E-state index contributed by atoms with van der Waals surface area (Å²) in [6.45, 7) is 2.64. The van der Waals surface area contributed by atoms with Gasteiger partial charge in [-0.2, -0.15) is 0 Å². The Labute approximate surface area is 117 Å². The molecule has 0 aliphatic carbocycles. The van der Waals surface area contributed by atoms with E-state index in [1.807, 2.05) is 12.1 Å². The molecular formula is C14H20BrNO2. The molecule has 0 aromatic heterocycles. The summed E-state index contributed by atoms with van der Waals surface area (Å²) in [4.78, 5) is 2.66. The number of halogens is 1. The van der Waals surface area contributed by atoms with Crippen LogP contribution in [0.15, 0.2) is 24.3 Å². The number of ether oxygens (including phenoxy) is 2. The second-order valence-electron chi connectivity index (χ2n) is 4.83. The van der Waals surface area contributed by atoms with Gasteiger partial charge < -0.3 is 14.4 Å². The lowest BCUT2D eigenvalue weighted by molar-refractivity contribution is 0.152. The van der Waals surface area contributed by atoms with E-state index in [2.05, 4.69) is 40.0 Å².